The molecule has 2 aromatic rings. The number of hydrogen-bond acceptors (Lipinski definition) is 3. The van der Waals surface area contributed by atoms with Crippen molar-refractivity contribution in [2.75, 3.05) is 6.54 Å². The van der Waals surface area contributed by atoms with Gasteiger partial charge < -0.3 is 5.32 Å². The molecule has 0 unspecified atom stereocenters. The van der Waals surface area contributed by atoms with Crippen LogP contribution >= 0.6 is 11.3 Å². The van der Waals surface area contributed by atoms with Crippen LogP contribution in [0.4, 0.5) is 4.39 Å². The second kappa shape index (κ2) is 5.73. The molecule has 0 spiro atoms. The first-order chi connectivity index (χ1) is 8.68. The molecule has 0 atom stereocenters. The van der Waals surface area contributed by atoms with Gasteiger partial charge in [0, 0.05) is 24.5 Å². The summed E-state index contributed by atoms with van der Waals surface area (Å²) in [6.07, 6.45) is 2.39. The number of halogens is 1. The van der Waals surface area contributed by atoms with Gasteiger partial charge in [-0.2, -0.15) is 0 Å². The number of benzene rings is 1. The highest BCUT2D eigenvalue weighted by molar-refractivity contribution is 7.09. The molecule has 1 aromatic heterocycles. The normalized spacial score (nSPS) is 10.3. The van der Waals surface area contributed by atoms with E-state index >= 15 is 0 Å². The molecule has 0 bridgehead atoms. The monoisotopic (exact) mass is 264 g/mol. The third-order valence-corrected chi connectivity index (χ3v) is 3.38. The third-order valence-electron chi connectivity index (χ3n) is 2.54. The summed E-state index contributed by atoms with van der Waals surface area (Å²) in [7, 11) is 0. The highest BCUT2D eigenvalue weighted by atomic mass is 32.1. The molecule has 0 aliphatic heterocycles. The molecule has 0 saturated carbocycles. The molecular weight excluding hydrogens is 251 g/mol. The molecule has 3 nitrogen and oxygen atoms in total. The molecule has 0 saturated heterocycles. The van der Waals surface area contributed by atoms with Gasteiger partial charge in [-0.1, -0.05) is 12.1 Å². The molecule has 0 aliphatic carbocycles. The lowest BCUT2D eigenvalue weighted by atomic mass is 10.1. The van der Waals surface area contributed by atoms with E-state index in [9.17, 15) is 9.18 Å². The molecule has 0 fully saturated rings. The second-order valence-corrected chi connectivity index (χ2v) is 4.85. The van der Waals surface area contributed by atoms with Gasteiger partial charge in [0.25, 0.3) is 5.91 Å². The Balaban J connectivity index is 1.93. The Morgan fingerprint density at radius 2 is 2.33 bits per heavy atom. The molecule has 0 aliphatic rings. The lowest BCUT2D eigenvalue weighted by Crippen LogP contribution is -2.26. The zero-order valence-corrected chi connectivity index (χ0v) is 10.8. The Kier molecular flexibility index (Phi) is 4.04. The van der Waals surface area contributed by atoms with Crippen molar-refractivity contribution >= 4 is 17.2 Å². The first kappa shape index (κ1) is 12.7. The molecule has 1 aromatic carbocycles. The van der Waals surface area contributed by atoms with Crippen molar-refractivity contribution in [3.63, 3.8) is 0 Å². The van der Waals surface area contributed by atoms with E-state index < -0.39 is 5.82 Å². The van der Waals surface area contributed by atoms with Crippen LogP contribution in [-0.2, 0) is 6.42 Å². The molecule has 94 valence electrons. The second-order valence-electron chi connectivity index (χ2n) is 3.87. The van der Waals surface area contributed by atoms with Crippen molar-refractivity contribution in [3.05, 3.63) is 51.7 Å². The Hall–Kier alpha value is -1.75. The summed E-state index contributed by atoms with van der Waals surface area (Å²) in [5.41, 5.74) is 0.566. The average molecular weight is 264 g/mol. The summed E-state index contributed by atoms with van der Waals surface area (Å²) >= 11 is 1.54. The number of nitrogens with zero attached hydrogens (tertiary/aromatic N) is 1. The maximum atomic E-state index is 13.7. The standard InChI is InChI=1S/C13H13FN2OS/c1-9-3-2-4-10(12(9)14)13(17)16-6-5-11-15-7-8-18-11/h2-4,7-8H,5-6H2,1H3,(H,16,17). The van der Waals surface area contributed by atoms with Gasteiger partial charge in [-0.05, 0) is 18.6 Å². The third kappa shape index (κ3) is 2.92. The van der Waals surface area contributed by atoms with Gasteiger partial charge in [0.05, 0.1) is 10.6 Å². The maximum absolute atomic E-state index is 13.7. The molecule has 1 amide bonds. The minimum absolute atomic E-state index is 0.0918. The van der Waals surface area contributed by atoms with E-state index in [1.807, 2.05) is 5.38 Å². The fourth-order valence-electron chi connectivity index (χ4n) is 1.58. The summed E-state index contributed by atoms with van der Waals surface area (Å²) in [5.74, 6) is -0.836. The van der Waals surface area contributed by atoms with Crippen LogP contribution in [0.25, 0.3) is 0 Å². The minimum atomic E-state index is -0.454. The van der Waals surface area contributed by atoms with Gasteiger partial charge in [0.2, 0.25) is 0 Å². The maximum Gasteiger partial charge on any atom is 0.254 e. The molecule has 1 heterocycles. The van der Waals surface area contributed by atoms with Crippen molar-refractivity contribution in [1.82, 2.24) is 10.3 Å². The minimum Gasteiger partial charge on any atom is -0.352 e. The predicted molar refractivity (Wildman–Crippen MR) is 69.3 cm³/mol. The quantitative estimate of drug-likeness (QED) is 0.922. The van der Waals surface area contributed by atoms with Crippen molar-refractivity contribution in [2.24, 2.45) is 0 Å². The number of hydrogen-bond donors (Lipinski definition) is 1. The largest absolute Gasteiger partial charge is 0.352 e. The lowest BCUT2D eigenvalue weighted by Gasteiger charge is -2.06. The van der Waals surface area contributed by atoms with Gasteiger partial charge >= 0.3 is 0 Å². The van der Waals surface area contributed by atoms with Crippen molar-refractivity contribution in [2.45, 2.75) is 13.3 Å². The summed E-state index contributed by atoms with van der Waals surface area (Å²) < 4.78 is 13.7. The van der Waals surface area contributed by atoms with Gasteiger partial charge in [-0.15, -0.1) is 11.3 Å². The molecule has 0 radical (unpaired) electrons. The number of aryl methyl sites for hydroxylation is 1. The van der Waals surface area contributed by atoms with E-state index in [0.717, 1.165) is 5.01 Å². The number of carbonyl (C=O) groups excluding carboxylic acids is 1. The summed E-state index contributed by atoms with van der Waals surface area (Å²) in [4.78, 5) is 15.9. The molecule has 18 heavy (non-hydrogen) atoms. The zero-order chi connectivity index (χ0) is 13.0. The Morgan fingerprint density at radius 1 is 1.50 bits per heavy atom. The summed E-state index contributed by atoms with van der Waals surface area (Å²) in [6, 6.07) is 4.80. The predicted octanol–water partition coefficient (Wildman–Crippen LogP) is 2.56. The van der Waals surface area contributed by atoms with Crippen molar-refractivity contribution in [1.29, 1.82) is 0 Å². The van der Waals surface area contributed by atoms with Gasteiger partial charge in [0.15, 0.2) is 0 Å². The molecule has 5 heteroatoms. The van der Waals surface area contributed by atoms with Crippen LogP contribution in [0.5, 0.6) is 0 Å². The van der Waals surface area contributed by atoms with E-state index in [2.05, 4.69) is 10.3 Å². The van der Waals surface area contributed by atoms with E-state index in [1.54, 1.807) is 25.3 Å². The zero-order valence-electron chi connectivity index (χ0n) is 9.94. The van der Waals surface area contributed by atoms with Crippen LogP contribution in [0.15, 0.2) is 29.8 Å². The molecular formula is C13H13FN2OS. The lowest BCUT2D eigenvalue weighted by molar-refractivity contribution is 0.0950. The Bertz CT molecular complexity index is 540. The number of rotatable bonds is 4. The summed E-state index contributed by atoms with van der Waals surface area (Å²) in [5, 5.41) is 5.54. The first-order valence-electron chi connectivity index (χ1n) is 5.60. The first-order valence-corrected chi connectivity index (χ1v) is 6.48. The van der Waals surface area contributed by atoms with Crippen molar-refractivity contribution < 1.29 is 9.18 Å². The molecule has 1 N–H and O–H groups in total. The Labute approximate surface area is 109 Å². The fourth-order valence-corrected chi connectivity index (χ4v) is 2.20. The topological polar surface area (TPSA) is 42.0 Å². The van der Waals surface area contributed by atoms with E-state index in [0.29, 0.717) is 18.5 Å². The van der Waals surface area contributed by atoms with Gasteiger partial charge in [0.1, 0.15) is 5.82 Å². The van der Waals surface area contributed by atoms with Crippen LogP contribution in [0, 0.1) is 12.7 Å². The van der Waals surface area contributed by atoms with E-state index in [4.69, 9.17) is 0 Å². The average Bonchev–Trinajstić information content (AvgIpc) is 2.85. The van der Waals surface area contributed by atoms with Crippen LogP contribution in [0.3, 0.4) is 0 Å². The SMILES string of the molecule is Cc1cccc(C(=O)NCCc2nccs2)c1F. The van der Waals surface area contributed by atoms with Crippen LogP contribution in [0.2, 0.25) is 0 Å². The Morgan fingerprint density at radius 3 is 3.06 bits per heavy atom. The summed E-state index contributed by atoms with van der Waals surface area (Å²) in [6.45, 7) is 2.10. The highest BCUT2D eigenvalue weighted by Crippen LogP contribution is 2.11. The number of amides is 1. The number of carbonyl (C=O) groups is 1. The van der Waals surface area contributed by atoms with Crippen molar-refractivity contribution in [3.8, 4) is 0 Å². The number of thiazole rings is 1. The van der Waals surface area contributed by atoms with Gasteiger partial charge in [-0.3, -0.25) is 4.79 Å². The highest BCUT2D eigenvalue weighted by Gasteiger charge is 2.12. The smallest absolute Gasteiger partial charge is 0.254 e. The number of aromatic nitrogens is 1. The van der Waals surface area contributed by atoms with Crippen LogP contribution in [0.1, 0.15) is 20.9 Å². The van der Waals surface area contributed by atoms with E-state index in [1.165, 1.54) is 17.4 Å². The van der Waals surface area contributed by atoms with E-state index in [-0.39, 0.29) is 11.5 Å². The molecule has 2 rings (SSSR count). The number of nitrogens with one attached hydrogen (secondary N) is 1. The fraction of sp³-hybridized carbons (Fsp3) is 0.231. The van der Waals surface area contributed by atoms with Crippen LogP contribution < -0.4 is 5.32 Å². The van der Waals surface area contributed by atoms with Gasteiger partial charge in [-0.25, -0.2) is 9.37 Å². The van der Waals surface area contributed by atoms with Crippen LogP contribution in [-0.4, -0.2) is 17.4 Å².